The van der Waals surface area contributed by atoms with E-state index in [0.717, 1.165) is 18.4 Å². The predicted molar refractivity (Wildman–Crippen MR) is 115 cm³/mol. The Bertz CT molecular complexity index is 989. The molecule has 3 atom stereocenters. The summed E-state index contributed by atoms with van der Waals surface area (Å²) in [5.41, 5.74) is 7.65. The Morgan fingerprint density at radius 3 is 2.61 bits per heavy atom. The third-order valence-electron chi connectivity index (χ3n) is 5.32. The van der Waals surface area contributed by atoms with Crippen molar-refractivity contribution in [2.24, 2.45) is 5.73 Å². The minimum Gasteiger partial charge on any atom is -0.349 e. The molecule has 0 unspecified atom stereocenters. The highest BCUT2D eigenvalue weighted by Crippen LogP contribution is 2.27. The van der Waals surface area contributed by atoms with Gasteiger partial charge in [0.2, 0.25) is 11.8 Å². The summed E-state index contributed by atoms with van der Waals surface area (Å²) in [4.78, 5) is 42.6. The van der Waals surface area contributed by atoms with E-state index in [1.54, 1.807) is 29.6 Å². The number of aromatic nitrogens is 1. The molecule has 3 amide bonds. The lowest BCUT2D eigenvalue weighted by Gasteiger charge is -2.24. The highest BCUT2D eigenvalue weighted by Gasteiger charge is 2.40. The molecule has 2 aromatic rings. The van der Waals surface area contributed by atoms with Gasteiger partial charge in [0, 0.05) is 29.0 Å². The molecule has 0 spiro atoms. The second kappa shape index (κ2) is 8.72. The first-order valence-electron chi connectivity index (χ1n) is 10.2. The summed E-state index contributed by atoms with van der Waals surface area (Å²) < 4.78 is 13.9. The van der Waals surface area contributed by atoms with Crippen molar-refractivity contribution in [2.75, 3.05) is 11.9 Å². The zero-order chi connectivity index (χ0) is 22.1. The number of rotatable bonds is 6. The molecule has 1 aromatic carbocycles. The summed E-state index contributed by atoms with van der Waals surface area (Å²) >= 11 is 1.23. The van der Waals surface area contributed by atoms with E-state index in [9.17, 15) is 18.8 Å². The average molecular weight is 446 g/mol. The van der Waals surface area contributed by atoms with Crippen LogP contribution < -0.4 is 16.4 Å². The fourth-order valence-electron chi connectivity index (χ4n) is 3.48. The van der Waals surface area contributed by atoms with Gasteiger partial charge in [-0.05, 0) is 31.9 Å². The third kappa shape index (κ3) is 4.91. The Labute approximate surface area is 183 Å². The number of anilines is 1. The summed E-state index contributed by atoms with van der Waals surface area (Å²) in [5, 5.41) is 7.76. The van der Waals surface area contributed by atoms with Crippen molar-refractivity contribution in [3.63, 3.8) is 0 Å². The molecule has 2 heterocycles. The lowest BCUT2D eigenvalue weighted by Crippen LogP contribution is -2.48. The van der Waals surface area contributed by atoms with Gasteiger partial charge in [0.15, 0.2) is 5.13 Å². The van der Waals surface area contributed by atoms with Gasteiger partial charge in [0.25, 0.3) is 5.91 Å². The van der Waals surface area contributed by atoms with Crippen molar-refractivity contribution in [1.82, 2.24) is 15.2 Å². The number of nitrogens with zero attached hydrogens (tertiary/aromatic N) is 2. The third-order valence-corrected chi connectivity index (χ3v) is 6.07. The topological polar surface area (TPSA) is 117 Å². The first-order chi connectivity index (χ1) is 14.8. The highest BCUT2D eigenvalue weighted by molar-refractivity contribution is 7.14. The van der Waals surface area contributed by atoms with Crippen LogP contribution in [-0.4, -0.2) is 58.4 Å². The molecule has 1 aliphatic heterocycles. The van der Waals surface area contributed by atoms with Gasteiger partial charge in [-0.25, -0.2) is 9.37 Å². The summed E-state index contributed by atoms with van der Waals surface area (Å²) in [6, 6.07) is 5.66. The van der Waals surface area contributed by atoms with Crippen LogP contribution in [0.25, 0.3) is 11.3 Å². The maximum Gasteiger partial charge on any atom is 0.251 e. The number of carbonyl (C=O) groups excluding carboxylic acids is 3. The van der Waals surface area contributed by atoms with Crippen LogP contribution in [0.3, 0.4) is 0 Å². The molecule has 0 bridgehead atoms. The number of nitrogens with two attached hydrogens (primary N) is 1. The second-order valence-electron chi connectivity index (χ2n) is 7.98. The summed E-state index contributed by atoms with van der Waals surface area (Å²) in [5.74, 6) is -1.03. The number of likely N-dealkylation sites (tertiary alicyclic amines) is 1. The van der Waals surface area contributed by atoms with E-state index < -0.39 is 30.1 Å². The molecule has 2 fully saturated rings. The summed E-state index contributed by atoms with van der Waals surface area (Å²) in [7, 11) is 0. The quantitative estimate of drug-likeness (QED) is 0.628. The van der Waals surface area contributed by atoms with E-state index in [0.29, 0.717) is 22.4 Å². The average Bonchev–Trinajstić information content (AvgIpc) is 3.28. The van der Waals surface area contributed by atoms with Crippen LogP contribution in [0.15, 0.2) is 29.6 Å². The van der Waals surface area contributed by atoms with Crippen molar-refractivity contribution in [2.45, 2.75) is 50.5 Å². The summed E-state index contributed by atoms with van der Waals surface area (Å²) in [6.45, 7) is 1.37. The Morgan fingerprint density at radius 2 is 1.97 bits per heavy atom. The number of alkyl halides is 1. The summed E-state index contributed by atoms with van der Waals surface area (Å²) in [6.07, 6.45) is 0.732. The largest absolute Gasteiger partial charge is 0.349 e. The van der Waals surface area contributed by atoms with E-state index in [4.69, 9.17) is 5.73 Å². The number of hydrogen-bond acceptors (Lipinski definition) is 6. The molecule has 31 heavy (non-hydrogen) atoms. The van der Waals surface area contributed by atoms with Gasteiger partial charge in [0.1, 0.15) is 12.2 Å². The predicted octanol–water partition coefficient (Wildman–Crippen LogP) is 1.93. The van der Waals surface area contributed by atoms with Crippen LogP contribution in [0.5, 0.6) is 0 Å². The lowest BCUT2D eigenvalue weighted by atomic mass is 10.1. The number of amides is 3. The van der Waals surface area contributed by atoms with Crippen LogP contribution in [0.2, 0.25) is 0 Å². The number of benzene rings is 1. The molecule has 1 aromatic heterocycles. The molecular formula is C21H24FN5O3S. The van der Waals surface area contributed by atoms with Crippen molar-refractivity contribution in [3.8, 4) is 11.3 Å². The number of halogens is 1. The second-order valence-corrected chi connectivity index (χ2v) is 8.84. The number of thiazole rings is 1. The zero-order valence-corrected chi connectivity index (χ0v) is 17.8. The minimum absolute atomic E-state index is 0.0626. The molecule has 10 heteroatoms. The monoisotopic (exact) mass is 445 g/mol. The molecule has 4 rings (SSSR count). The van der Waals surface area contributed by atoms with Gasteiger partial charge in [-0.3, -0.25) is 14.4 Å². The maximum absolute atomic E-state index is 13.9. The molecule has 8 nitrogen and oxygen atoms in total. The Morgan fingerprint density at radius 1 is 1.26 bits per heavy atom. The molecule has 1 saturated carbocycles. The van der Waals surface area contributed by atoms with Crippen LogP contribution in [-0.2, 0) is 9.59 Å². The molecule has 164 valence electrons. The zero-order valence-electron chi connectivity index (χ0n) is 17.0. The standard InChI is InChI=1S/C21H24FN5O3S/c1-11(23)20(30)27-9-14(22)8-17(27)19(29)26-21-25-16(10-31-21)12-2-4-13(5-3-12)18(28)24-15-6-7-15/h2-5,10-11,14-15,17H,6-9,23H2,1H3,(H,24,28)(H,25,26,29)/t11-,14+,17+/m1/s1. The van der Waals surface area contributed by atoms with Gasteiger partial charge in [0.05, 0.1) is 18.3 Å². The first-order valence-corrected chi connectivity index (χ1v) is 11.1. The van der Waals surface area contributed by atoms with Gasteiger partial charge < -0.3 is 21.3 Å². The molecule has 2 aliphatic rings. The van der Waals surface area contributed by atoms with Crippen LogP contribution in [0.1, 0.15) is 36.5 Å². The number of carbonyl (C=O) groups is 3. The number of nitrogens with one attached hydrogen (secondary N) is 2. The lowest BCUT2D eigenvalue weighted by molar-refractivity contribution is -0.137. The molecule has 0 radical (unpaired) electrons. The van der Waals surface area contributed by atoms with Crippen molar-refractivity contribution in [1.29, 1.82) is 0 Å². The van der Waals surface area contributed by atoms with Crippen LogP contribution >= 0.6 is 11.3 Å². The van der Waals surface area contributed by atoms with Crippen LogP contribution in [0, 0.1) is 0 Å². The molecule has 1 saturated heterocycles. The van der Waals surface area contributed by atoms with E-state index in [-0.39, 0.29) is 18.9 Å². The Kier molecular flexibility index (Phi) is 6.01. The Balaban J connectivity index is 1.41. The normalized spacial score (nSPS) is 21.6. The van der Waals surface area contributed by atoms with Crippen LogP contribution in [0.4, 0.5) is 9.52 Å². The van der Waals surface area contributed by atoms with Crippen molar-refractivity contribution < 1.29 is 18.8 Å². The van der Waals surface area contributed by atoms with Gasteiger partial charge in [-0.1, -0.05) is 12.1 Å². The Hall–Kier alpha value is -2.85. The highest BCUT2D eigenvalue weighted by atomic mass is 32.1. The molecule has 4 N–H and O–H groups in total. The van der Waals surface area contributed by atoms with Gasteiger partial charge >= 0.3 is 0 Å². The fraction of sp³-hybridized carbons (Fsp3) is 0.429. The number of hydrogen-bond donors (Lipinski definition) is 3. The SMILES string of the molecule is C[C@@H](N)C(=O)N1C[C@@H](F)C[C@H]1C(=O)Nc1nc(-c2ccc(C(=O)NC3CC3)cc2)cs1. The molecule has 1 aliphatic carbocycles. The fourth-order valence-corrected chi connectivity index (χ4v) is 4.20. The van der Waals surface area contributed by atoms with Gasteiger partial charge in [-0.2, -0.15) is 0 Å². The van der Waals surface area contributed by atoms with Gasteiger partial charge in [-0.15, -0.1) is 11.3 Å². The maximum atomic E-state index is 13.9. The van der Waals surface area contributed by atoms with E-state index >= 15 is 0 Å². The smallest absolute Gasteiger partial charge is 0.251 e. The molecular weight excluding hydrogens is 421 g/mol. The minimum atomic E-state index is -1.26. The first kappa shape index (κ1) is 21.4. The van der Waals surface area contributed by atoms with E-state index in [1.165, 1.54) is 23.2 Å². The van der Waals surface area contributed by atoms with E-state index in [2.05, 4.69) is 15.6 Å². The van der Waals surface area contributed by atoms with Crippen molar-refractivity contribution >= 4 is 34.2 Å². The van der Waals surface area contributed by atoms with E-state index in [1.807, 2.05) is 0 Å². The van der Waals surface area contributed by atoms with Crippen molar-refractivity contribution in [3.05, 3.63) is 35.2 Å².